The van der Waals surface area contributed by atoms with Gasteiger partial charge < -0.3 is 10.2 Å². The lowest BCUT2D eigenvalue weighted by atomic mass is 9.85. The lowest BCUT2D eigenvalue weighted by Gasteiger charge is -2.23. The van der Waals surface area contributed by atoms with E-state index >= 15 is 0 Å². The molecule has 4 heteroatoms. The van der Waals surface area contributed by atoms with Crippen molar-refractivity contribution >= 4 is 5.82 Å². The molecular weight excluding hydrogens is 260 g/mol. The van der Waals surface area contributed by atoms with Crippen molar-refractivity contribution in [2.45, 2.75) is 53.5 Å². The zero-order valence-corrected chi connectivity index (χ0v) is 14.0. The highest BCUT2D eigenvalue weighted by molar-refractivity contribution is 5.36. The largest absolute Gasteiger partial charge is 0.355 e. The Balaban J connectivity index is 1.89. The van der Waals surface area contributed by atoms with Crippen LogP contribution in [0.15, 0.2) is 12.4 Å². The third-order valence-corrected chi connectivity index (χ3v) is 4.21. The molecular formula is C17H30N4. The van der Waals surface area contributed by atoms with Crippen LogP contribution in [0.25, 0.3) is 0 Å². The van der Waals surface area contributed by atoms with Crippen molar-refractivity contribution < 1.29 is 0 Å². The highest BCUT2D eigenvalue weighted by atomic mass is 15.2. The number of hydrogen-bond donors (Lipinski definition) is 1. The molecule has 21 heavy (non-hydrogen) atoms. The fourth-order valence-corrected chi connectivity index (χ4v) is 2.74. The third-order valence-electron chi connectivity index (χ3n) is 4.21. The second kappa shape index (κ2) is 7.21. The van der Waals surface area contributed by atoms with E-state index in [2.05, 4.69) is 47.9 Å². The van der Waals surface area contributed by atoms with Gasteiger partial charge in [-0.25, -0.2) is 4.98 Å². The number of aromatic nitrogens is 2. The van der Waals surface area contributed by atoms with Crippen LogP contribution in [0.4, 0.5) is 5.82 Å². The number of nitrogens with zero attached hydrogens (tertiary/aromatic N) is 3. The predicted octanol–water partition coefficient (Wildman–Crippen LogP) is 3.24. The molecule has 0 radical (unpaired) electrons. The average Bonchev–Trinajstić information content (AvgIpc) is 2.60. The summed E-state index contributed by atoms with van der Waals surface area (Å²) in [7, 11) is 0. The molecule has 0 atom stereocenters. The van der Waals surface area contributed by atoms with E-state index in [0.717, 1.165) is 37.7 Å². The Kier molecular flexibility index (Phi) is 5.57. The van der Waals surface area contributed by atoms with Gasteiger partial charge in [-0.2, -0.15) is 0 Å². The Morgan fingerprint density at radius 2 is 2.00 bits per heavy atom. The van der Waals surface area contributed by atoms with Crippen molar-refractivity contribution in [1.82, 2.24) is 15.3 Å². The Morgan fingerprint density at radius 1 is 1.19 bits per heavy atom. The molecule has 118 valence electrons. The summed E-state index contributed by atoms with van der Waals surface area (Å²) < 4.78 is 0. The van der Waals surface area contributed by atoms with Gasteiger partial charge in [-0.05, 0) is 37.1 Å². The number of rotatable bonds is 5. The van der Waals surface area contributed by atoms with E-state index in [4.69, 9.17) is 0 Å². The van der Waals surface area contributed by atoms with Gasteiger partial charge in [0.2, 0.25) is 0 Å². The molecule has 1 saturated heterocycles. The van der Waals surface area contributed by atoms with Gasteiger partial charge in [0, 0.05) is 19.6 Å². The van der Waals surface area contributed by atoms with Gasteiger partial charge in [-0.15, -0.1) is 0 Å². The highest BCUT2D eigenvalue weighted by Gasteiger charge is 2.23. The molecule has 1 aromatic rings. The SMILES string of the molecule is CC(C)CNCc1cnc(N2CCCC(C)(C)CC2)cn1. The molecule has 0 saturated carbocycles. The first-order chi connectivity index (χ1) is 9.96. The Bertz CT molecular complexity index is 425. The van der Waals surface area contributed by atoms with E-state index in [-0.39, 0.29) is 0 Å². The quantitative estimate of drug-likeness (QED) is 0.904. The second-order valence-corrected chi connectivity index (χ2v) is 7.40. The maximum atomic E-state index is 4.61. The van der Waals surface area contributed by atoms with Gasteiger partial charge in [-0.1, -0.05) is 27.7 Å². The molecule has 4 nitrogen and oxygen atoms in total. The minimum Gasteiger partial charge on any atom is -0.355 e. The van der Waals surface area contributed by atoms with Crippen molar-refractivity contribution in [3.05, 3.63) is 18.1 Å². The molecule has 0 aromatic carbocycles. The van der Waals surface area contributed by atoms with Crippen molar-refractivity contribution in [2.24, 2.45) is 11.3 Å². The van der Waals surface area contributed by atoms with Crippen molar-refractivity contribution in [1.29, 1.82) is 0 Å². The van der Waals surface area contributed by atoms with Gasteiger partial charge in [-0.3, -0.25) is 4.98 Å². The summed E-state index contributed by atoms with van der Waals surface area (Å²) in [5.74, 6) is 1.69. The molecule has 2 heterocycles. The number of anilines is 1. The molecule has 0 unspecified atom stereocenters. The predicted molar refractivity (Wildman–Crippen MR) is 88.4 cm³/mol. The van der Waals surface area contributed by atoms with Gasteiger partial charge in [0.1, 0.15) is 5.82 Å². The molecule has 0 aliphatic carbocycles. The summed E-state index contributed by atoms with van der Waals surface area (Å²) in [6, 6.07) is 0. The molecule has 0 amide bonds. The van der Waals surface area contributed by atoms with E-state index in [9.17, 15) is 0 Å². The summed E-state index contributed by atoms with van der Waals surface area (Å²) in [4.78, 5) is 11.5. The topological polar surface area (TPSA) is 41.1 Å². The van der Waals surface area contributed by atoms with Crippen molar-refractivity contribution in [2.75, 3.05) is 24.5 Å². The van der Waals surface area contributed by atoms with Crippen LogP contribution in [0.3, 0.4) is 0 Å². The highest BCUT2D eigenvalue weighted by Crippen LogP contribution is 2.30. The van der Waals surface area contributed by atoms with E-state index in [1.165, 1.54) is 19.3 Å². The second-order valence-electron chi connectivity index (χ2n) is 7.40. The summed E-state index contributed by atoms with van der Waals surface area (Å²) in [6.45, 7) is 13.2. The fourth-order valence-electron chi connectivity index (χ4n) is 2.74. The number of nitrogens with one attached hydrogen (secondary N) is 1. The molecule has 1 aliphatic rings. The molecule has 2 rings (SSSR count). The Labute approximate surface area is 129 Å². The standard InChI is InChI=1S/C17H30N4/c1-14(2)10-18-11-15-12-20-16(13-19-15)21-8-5-6-17(3,4)7-9-21/h12-14,18H,5-11H2,1-4H3. The van der Waals surface area contributed by atoms with Crippen LogP contribution in [0.2, 0.25) is 0 Å². The third kappa shape index (κ3) is 5.27. The molecule has 1 aliphatic heterocycles. The summed E-state index contributed by atoms with van der Waals surface area (Å²) >= 11 is 0. The van der Waals surface area contributed by atoms with E-state index in [0.29, 0.717) is 11.3 Å². The molecule has 1 N–H and O–H groups in total. The van der Waals surface area contributed by atoms with E-state index in [1.54, 1.807) is 0 Å². The summed E-state index contributed by atoms with van der Waals surface area (Å²) in [6.07, 6.45) is 7.62. The Morgan fingerprint density at radius 3 is 2.67 bits per heavy atom. The normalized spacial score (nSPS) is 18.8. The monoisotopic (exact) mass is 290 g/mol. The first-order valence-corrected chi connectivity index (χ1v) is 8.23. The van der Waals surface area contributed by atoms with Crippen molar-refractivity contribution in [3.63, 3.8) is 0 Å². The molecule has 1 fully saturated rings. The summed E-state index contributed by atoms with van der Waals surface area (Å²) in [5.41, 5.74) is 1.48. The lowest BCUT2D eigenvalue weighted by Crippen LogP contribution is -2.26. The Hall–Kier alpha value is -1.16. The van der Waals surface area contributed by atoms with Crippen LogP contribution in [0.1, 0.15) is 52.7 Å². The van der Waals surface area contributed by atoms with Gasteiger partial charge in [0.25, 0.3) is 0 Å². The zero-order chi connectivity index (χ0) is 15.3. The van der Waals surface area contributed by atoms with E-state index in [1.807, 2.05) is 12.4 Å². The van der Waals surface area contributed by atoms with Crippen LogP contribution >= 0.6 is 0 Å². The molecule has 1 aromatic heterocycles. The van der Waals surface area contributed by atoms with Crippen LogP contribution in [-0.2, 0) is 6.54 Å². The van der Waals surface area contributed by atoms with E-state index < -0.39 is 0 Å². The maximum Gasteiger partial charge on any atom is 0.147 e. The fraction of sp³-hybridized carbons (Fsp3) is 0.765. The molecule has 0 bridgehead atoms. The van der Waals surface area contributed by atoms with Crippen LogP contribution < -0.4 is 10.2 Å². The van der Waals surface area contributed by atoms with Crippen LogP contribution in [-0.4, -0.2) is 29.6 Å². The van der Waals surface area contributed by atoms with Crippen LogP contribution in [0, 0.1) is 11.3 Å². The molecule has 0 spiro atoms. The minimum atomic E-state index is 0.461. The van der Waals surface area contributed by atoms with Crippen LogP contribution in [0.5, 0.6) is 0 Å². The van der Waals surface area contributed by atoms with Gasteiger partial charge >= 0.3 is 0 Å². The zero-order valence-electron chi connectivity index (χ0n) is 14.0. The maximum absolute atomic E-state index is 4.61. The average molecular weight is 290 g/mol. The van der Waals surface area contributed by atoms with Gasteiger partial charge in [0.05, 0.1) is 18.1 Å². The first kappa shape index (κ1) is 16.2. The smallest absolute Gasteiger partial charge is 0.147 e. The first-order valence-electron chi connectivity index (χ1n) is 8.23. The van der Waals surface area contributed by atoms with Crippen molar-refractivity contribution in [3.8, 4) is 0 Å². The summed E-state index contributed by atoms with van der Waals surface area (Å²) in [5, 5.41) is 3.40. The number of hydrogen-bond acceptors (Lipinski definition) is 4. The van der Waals surface area contributed by atoms with Gasteiger partial charge in [0.15, 0.2) is 0 Å². The minimum absolute atomic E-state index is 0.461. The lowest BCUT2D eigenvalue weighted by molar-refractivity contribution is 0.325.